The lowest BCUT2D eigenvalue weighted by Gasteiger charge is -2.23. The molecular weight excluding hydrogens is 302 g/mol. The van der Waals surface area contributed by atoms with Gasteiger partial charge in [-0.3, -0.25) is 4.79 Å². The Morgan fingerprint density at radius 2 is 1.71 bits per heavy atom. The Balaban J connectivity index is 2.40. The van der Waals surface area contributed by atoms with Gasteiger partial charge >= 0.3 is 0 Å². The maximum atomic E-state index is 12.0. The number of amides is 1. The van der Waals surface area contributed by atoms with Crippen LogP contribution in [0.15, 0.2) is 5.10 Å². The number of ketones is 1. The number of nitrogens with one attached hydrogen (secondary N) is 2. The number of hydrogen-bond donors (Lipinski definition) is 2. The van der Waals surface area contributed by atoms with Gasteiger partial charge in [-0.25, -0.2) is 5.43 Å². The first kappa shape index (κ1) is 20.8. The summed E-state index contributed by atoms with van der Waals surface area (Å²) in [6.45, 7) is 2.63. The first-order chi connectivity index (χ1) is 11.6. The minimum Gasteiger partial charge on any atom is -0.320 e. The van der Waals surface area contributed by atoms with Crippen molar-refractivity contribution in [2.45, 2.75) is 84.0 Å². The van der Waals surface area contributed by atoms with Crippen LogP contribution in [0.1, 0.15) is 84.0 Å². The maximum absolute atomic E-state index is 12.0. The molecule has 0 atom stereocenters. The number of carbonyl (C=O) groups excluding carboxylic acids is 2. The largest absolute Gasteiger partial charge is 0.320 e. The molecule has 1 aliphatic carbocycles. The number of unbranched alkanes of at least 4 members (excludes halogenated alkanes) is 2. The molecule has 0 heterocycles. The molecule has 1 amide bonds. The summed E-state index contributed by atoms with van der Waals surface area (Å²) >= 11 is 0. The van der Waals surface area contributed by atoms with E-state index in [0.717, 1.165) is 44.4 Å². The molecule has 0 saturated heterocycles. The lowest BCUT2D eigenvalue weighted by Crippen LogP contribution is -2.24. The molecule has 0 aromatic heterocycles. The van der Waals surface area contributed by atoms with E-state index in [1.807, 2.05) is 7.05 Å². The third-order valence-electron chi connectivity index (χ3n) is 4.69. The third-order valence-corrected chi connectivity index (χ3v) is 4.69. The van der Waals surface area contributed by atoms with Crippen LogP contribution < -0.4 is 10.7 Å². The number of rotatable bonds is 12. The van der Waals surface area contributed by atoms with Crippen LogP contribution in [0, 0.1) is 5.92 Å². The Kier molecular flexibility index (Phi) is 11.4. The van der Waals surface area contributed by atoms with Crippen LogP contribution in [0.4, 0.5) is 0 Å². The van der Waals surface area contributed by atoms with Crippen molar-refractivity contribution in [3.8, 4) is 0 Å². The molecule has 0 aromatic carbocycles. The quantitative estimate of drug-likeness (QED) is 0.325. The van der Waals surface area contributed by atoms with E-state index in [2.05, 4.69) is 15.8 Å². The Labute approximate surface area is 147 Å². The molecule has 0 aliphatic heterocycles. The fourth-order valence-corrected chi connectivity index (χ4v) is 3.26. The smallest absolute Gasteiger partial charge is 0.240 e. The second-order valence-electron chi connectivity index (χ2n) is 6.94. The van der Waals surface area contributed by atoms with Crippen molar-refractivity contribution in [1.82, 2.24) is 10.7 Å². The summed E-state index contributed by atoms with van der Waals surface area (Å²) in [7, 11) is 1.94. The predicted molar refractivity (Wildman–Crippen MR) is 99.1 cm³/mol. The standard InChI is InChI=1S/C19H35N3O2/c1-16(23)10-9-13-18(17-11-5-3-6-12-17)21-22-19(24)14-7-4-8-15-20-2/h17,20H,3-15H2,1-2H3,(H,22,24)/b21-18-. The van der Waals surface area contributed by atoms with E-state index in [4.69, 9.17) is 0 Å². The Morgan fingerprint density at radius 1 is 0.958 bits per heavy atom. The highest BCUT2D eigenvalue weighted by Crippen LogP contribution is 2.26. The predicted octanol–water partition coefficient (Wildman–Crippen LogP) is 3.58. The molecule has 138 valence electrons. The molecule has 0 unspecified atom stereocenters. The van der Waals surface area contributed by atoms with Gasteiger partial charge in [0.1, 0.15) is 5.78 Å². The maximum Gasteiger partial charge on any atom is 0.240 e. The van der Waals surface area contributed by atoms with Gasteiger partial charge in [-0.15, -0.1) is 0 Å². The molecule has 1 aliphatic rings. The monoisotopic (exact) mass is 337 g/mol. The summed E-state index contributed by atoms with van der Waals surface area (Å²) in [5.41, 5.74) is 3.85. The van der Waals surface area contributed by atoms with Crippen LogP contribution in [0.2, 0.25) is 0 Å². The highest BCUT2D eigenvalue weighted by atomic mass is 16.2. The summed E-state index contributed by atoms with van der Waals surface area (Å²) in [4.78, 5) is 23.1. The van der Waals surface area contributed by atoms with Crippen molar-refractivity contribution in [3.63, 3.8) is 0 Å². The molecule has 0 aromatic rings. The molecule has 1 saturated carbocycles. The molecular formula is C19H35N3O2. The van der Waals surface area contributed by atoms with E-state index in [1.165, 1.54) is 32.1 Å². The molecule has 5 heteroatoms. The van der Waals surface area contributed by atoms with Gasteiger partial charge < -0.3 is 10.1 Å². The lowest BCUT2D eigenvalue weighted by molar-refractivity contribution is -0.121. The van der Waals surface area contributed by atoms with E-state index in [1.54, 1.807) is 6.92 Å². The normalized spacial score (nSPS) is 16.2. The summed E-state index contributed by atoms with van der Waals surface area (Å²) in [5, 5.41) is 7.57. The molecule has 1 rings (SSSR count). The molecule has 24 heavy (non-hydrogen) atoms. The number of hydrogen-bond acceptors (Lipinski definition) is 4. The van der Waals surface area contributed by atoms with Crippen molar-refractivity contribution in [2.24, 2.45) is 11.0 Å². The molecule has 0 bridgehead atoms. The second kappa shape index (κ2) is 13.1. The Hall–Kier alpha value is -1.23. The average Bonchev–Trinajstić information content (AvgIpc) is 2.58. The second-order valence-corrected chi connectivity index (χ2v) is 6.94. The Morgan fingerprint density at radius 3 is 2.38 bits per heavy atom. The Bertz CT molecular complexity index is 401. The van der Waals surface area contributed by atoms with Crippen LogP contribution in [0.5, 0.6) is 0 Å². The van der Waals surface area contributed by atoms with Gasteiger partial charge in [-0.2, -0.15) is 5.10 Å². The van der Waals surface area contributed by atoms with E-state index in [-0.39, 0.29) is 11.7 Å². The van der Waals surface area contributed by atoms with E-state index >= 15 is 0 Å². The zero-order valence-electron chi connectivity index (χ0n) is 15.5. The highest BCUT2D eigenvalue weighted by molar-refractivity contribution is 5.88. The zero-order chi connectivity index (χ0) is 17.6. The van der Waals surface area contributed by atoms with E-state index in [0.29, 0.717) is 18.8 Å². The van der Waals surface area contributed by atoms with E-state index < -0.39 is 0 Å². The lowest BCUT2D eigenvalue weighted by atomic mass is 9.84. The van der Waals surface area contributed by atoms with Crippen molar-refractivity contribution in [3.05, 3.63) is 0 Å². The topological polar surface area (TPSA) is 70.6 Å². The van der Waals surface area contributed by atoms with Gasteiger partial charge in [0.25, 0.3) is 0 Å². The third kappa shape index (κ3) is 9.81. The minimum absolute atomic E-state index is 0.0133. The summed E-state index contributed by atoms with van der Waals surface area (Å²) in [5.74, 6) is 0.726. The summed E-state index contributed by atoms with van der Waals surface area (Å²) in [6.07, 6.45) is 12.0. The van der Waals surface area contributed by atoms with Crippen molar-refractivity contribution in [2.75, 3.05) is 13.6 Å². The molecule has 0 radical (unpaired) electrons. The highest BCUT2D eigenvalue weighted by Gasteiger charge is 2.19. The van der Waals surface area contributed by atoms with Gasteiger partial charge in [-0.05, 0) is 65.0 Å². The van der Waals surface area contributed by atoms with Gasteiger partial charge in [0, 0.05) is 18.6 Å². The average molecular weight is 338 g/mol. The van der Waals surface area contributed by atoms with Crippen molar-refractivity contribution >= 4 is 17.4 Å². The fraction of sp³-hybridized carbons (Fsp3) is 0.842. The van der Waals surface area contributed by atoms with Gasteiger partial charge in [0.05, 0.1) is 0 Å². The van der Waals surface area contributed by atoms with Gasteiger partial charge in [-0.1, -0.05) is 25.7 Å². The van der Waals surface area contributed by atoms with E-state index in [9.17, 15) is 9.59 Å². The molecule has 1 fully saturated rings. The number of Topliss-reactive ketones (excluding diaryl/α,β-unsaturated/α-hetero) is 1. The molecule has 0 spiro atoms. The number of hydrazone groups is 1. The molecule has 2 N–H and O–H groups in total. The van der Waals surface area contributed by atoms with Crippen LogP contribution in [-0.2, 0) is 9.59 Å². The number of carbonyl (C=O) groups is 2. The zero-order valence-corrected chi connectivity index (χ0v) is 15.5. The van der Waals surface area contributed by atoms with Crippen LogP contribution in [0.3, 0.4) is 0 Å². The SMILES string of the molecule is CNCCCCCC(=O)N/N=C(/CCCC(C)=O)C1CCCCC1. The fourth-order valence-electron chi connectivity index (χ4n) is 3.26. The molecule has 5 nitrogen and oxygen atoms in total. The first-order valence-electron chi connectivity index (χ1n) is 9.62. The van der Waals surface area contributed by atoms with Crippen LogP contribution in [0.25, 0.3) is 0 Å². The summed E-state index contributed by atoms with van der Waals surface area (Å²) in [6, 6.07) is 0. The summed E-state index contributed by atoms with van der Waals surface area (Å²) < 4.78 is 0. The van der Waals surface area contributed by atoms with Crippen LogP contribution in [-0.4, -0.2) is 31.0 Å². The van der Waals surface area contributed by atoms with Gasteiger partial charge in [0.15, 0.2) is 0 Å². The first-order valence-corrected chi connectivity index (χ1v) is 9.62. The number of nitrogens with zero attached hydrogens (tertiary/aromatic N) is 1. The van der Waals surface area contributed by atoms with Crippen molar-refractivity contribution < 1.29 is 9.59 Å². The van der Waals surface area contributed by atoms with Crippen LogP contribution >= 0.6 is 0 Å². The minimum atomic E-state index is 0.0133. The van der Waals surface area contributed by atoms with Gasteiger partial charge in [0.2, 0.25) is 5.91 Å². The van der Waals surface area contributed by atoms with Crippen molar-refractivity contribution in [1.29, 1.82) is 0 Å².